The van der Waals surface area contributed by atoms with Crippen molar-refractivity contribution in [3.05, 3.63) is 64.7 Å². The maximum Gasteiger partial charge on any atom is 0.267 e. The highest BCUT2D eigenvalue weighted by atomic mass is 16.5. The second-order valence-corrected chi connectivity index (χ2v) is 6.35. The normalized spacial score (nSPS) is 11.6. The second-order valence-electron chi connectivity index (χ2n) is 6.35. The van der Waals surface area contributed by atoms with Crippen LogP contribution in [0, 0.1) is 29.1 Å². The molecule has 0 aliphatic heterocycles. The molecule has 0 saturated carbocycles. The van der Waals surface area contributed by atoms with Gasteiger partial charge in [0.05, 0.1) is 0 Å². The minimum atomic E-state index is -1.07. The molecule has 0 aliphatic rings. The Morgan fingerprint density at radius 3 is 2.27 bits per heavy atom. The summed E-state index contributed by atoms with van der Waals surface area (Å²) in [6.07, 6.45) is 1.16. The highest BCUT2D eigenvalue weighted by molar-refractivity contribution is 5.97. The molecule has 2 atom stereocenters. The average Bonchev–Trinajstić information content (AvgIpc) is 2.75. The molecule has 0 radical (unpaired) electrons. The quantitative estimate of drug-likeness (QED) is 0.142. The largest absolute Gasteiger partial charge is 0.398 e. The molecule has 0 bridgehead atoms. The molecule has 2 rings (SSSR count). The molecule has 0 aliphatic carbocycles. The number of hydrogen-bond donors (Lipinski definition) is 6. The fourth-order valence-electron chi connectivity index (χ4n) is 2.42. The number of nitrogen functional groups attached to an aromatic ring is 1. The third-order valence-electron chi connectivity index (χ3n) is 4.07. The van der Waals surface area contributed by atoms with Gasteiger partial charge in [-0.25, -0.2) is 5.48 Å². The molecule has 0 fully saturated rings. The summed E-state index contributed by atoms with van der Waals surface area (Å²) in [6, 6.07) is 9.77. The Balaban J connectivity index is 2.06. The van der Waals surface area contributed by atoms with Crippen molar-refractivity contribution in [2.45, 2.75) is 19.0 Å². The molecule has 0 spiro atoms. The van der Waals surface area contributed by atoms with Crippen LogP contribution in [0.3, 0.4) is 0 Å². The van der Waals surface area contributed by atoms with Crippen molar-refractivity contribution in [1.29, 1.82) is 5.41 Å². The summed E-state index contributed by atoms with van der Waals surface area (Å²) in [5.41, 5.74) is 15.6. The van der Waals surface area contributed by atoms with Crippen LogP contribution in [0.4, 0.5) is 5.69 Å². The van der Waals surface area contributed by atoms with Crippen molar-refractivity contribution in [3.8, 4) is 23.7 Å². The number of anilines is 1. The van der Waals surface area contributed by atoms with Crippen LogP contribution in [-0.2, 0) is 4.79 Å². The summed E-state index contributed by atoms with van der Waals surface area (Å²) in [7, 11) is 0. The van der Waals surface area contributed by atoms with Crippen LogP contribution in [0.25, 0.3) is 0 Å². The number of nitrogens with one attached hydrogen (secondary N) is 3. The van der Waals surface area contributed by atoms with Crippen molar-refractivity contribution >= 4 is 23.7 Å². The molecule has 0 aromatic heterocycles. The molecule has 2 aromatic rings. The standard InChI is InChI=1S/C22H21N5O3/c1-14(24)20(22(29)27-30)26-21(28)17-9-6-15(7-10-17)4-2-3-5-16-8-11-19(25)18(12-16)13-23/h6-14,20,23,30H,24-25H2,1H3,(H,26,28)(H,27,29)/t14-,20+/m1/s1. The summed E-state index contributed by atoms with van der Waals surface area (Å²) < 4.78 is 0. The monoisotopic (exact) mass is 403 g/mol. The number of hydrogen-bond acceptors (Lipinski definition) is 6. The number of carbonyl (C=O) groups excluding carboxylic acids is 2. The summed E-state index contributed by atoms with van der Waals surface area (Å²) in [5.74, 6) is 9.89. The smallest absolute Gasteiger partial charge is 0.267 e. The van der Waals surface area contributed by atoms with E-state index in [-0.39, 0.29) is 0 Å². The van der Waals surface area contributed by atoms with Crippen LogP contribution in [0.2, 0.25) is 0 Å². The first-order chi connectivity index (χ1) is 14.3. The zero-order chi connectivity index (χ0) is 22.1. The minimum absolute atomic E-state index is 0.309. The van der Waals surface area contributed by atoms with E-state index in [2.05, 4.69) is 29.0 Å². The molecule has 2 aromatic carbocycles. The first-order valence-corrected chi connectivity index (χ1v) is 8.88. The Labute approximate surface area is 174 Å². The molecule has 8 nitrogen and oxygen atoms in total. The zero-order valence-corrected chi connectivity index (χ0v) is 16.2. The highest BCUT2D eigenvalue weighted by Crippen LogP contribution is 2.11. The van der Waals surface area contributed by atoms with Crippen LogP contribution in [0.5, 0.6) is 0 Å². The van der Waals surface area contributed by atoms with Gasteiger partial charge < -0.3 is 22.2 Å². The summed E-state index contributed by atoms with van der Waals surface area (Å²) in [4.78, 5) is 23.8. The van der Waals surface area contributed by atoms with Crippen LogP contribution in [0.1, 0.15) is 34.0 Å². The molecule has 0 heterocycles. The predicted molar refractivity (Wildman–Crippen MR) is 114 cm³/mol. The Kier molecular flexibility index (Phi) is 7.72. The Bertz CT molecular complexity index is 1070. The van der Waals surface area contributed by atoms with E-state index in [0.29, 0.717) is 27.9 Å². The van der Waals surface area contributed by atoms with Gasteiger partial charge in [0.1, 0.15) is 6.04 Å². The van der Waals surface area contributed by atoms with E-state index in [0.717, 1.165) is 6.21 Å². The number of nitrogens with two attached hydrogens (primary N) is 2. The first kappa shape index (κ1) is 22.2. The van der Waals surface area contributed by atoms with Gasteiger partial charge >= 0.3 is 0 Å². The lowest BCUT2D eigenvalue weighted by molar-refractivity contribution is -0.131. The Morgan fingerprint density at radius 1 is 1.10 bits per heavy atom. The summed E-state index contributed by atoms with van der Waals surface area (Å²) >= 11 is 0. The fraction of sp³-hybridized carbons (Fsp3) is 0.136. The van der Waals surface area contributed by atoms with Gasteiger partial charge in [0.25, 0.3) is 11.8 Å². The van der Waals surface area contributed by atoms with E-state index in [1.165, 1.54) is 12.4 Å². The van der Waals surface area contributed by atoms with Crippen LogP contribution < -0.4 is 22.3 Å². The van der Waals surface area contributed by atoms with E-state index in [4.69, 9.17) is 22.1 Å². The molecule has 8 heteroatoms. The SMILES string of the molecule is C[C@@H](N)[C@H](NC(=O)c1ccc(C#CC#Cc2ccc(N)c(C=N)c2)cc1)C(=O)NO. The van der Waals surface area contributed by atoms with Crippen molar-refractivity contribution < 1.29 is 14.8 Å². The van der Waals surface area contributed by atoms with Crippen molar-refractivity contribution in [2.24, 2.45) is 5.73 Å². The molecule has 2 amide bonds. The first-order valence-electron chi connectivity index (χ1n) is 8.88. The highest BCUT2D eigenvalue weighted by Gasteiger charge is 2.24. The molecule has 152 valence electrons. The van der Waals surface area contributed by atoms with E-state index in [1.807, 2.05) is 0 Å². The van der Waals surface area contributed by atoms with E-state index < -0.39 is 23.9 Å². The second kappa shape index (κ2) is 10.4. The van der Waals surface area contributed by atoms with Crippen LogP contribution in [-0.4, -0.2) is 35.3 Å². The summed E-state index contributed by atoms with van der Waals surface area (Å²) in [5, 5.41) is 18.5. The van der Waals surface area contributed by atoms with E-state index in [1.54, 1.807) is 42.5 Å². The number of rotatable bonds is 5. The van der Waals surface area contributed by atoms with Gasteiger partial charge in [-0.15, -0.1) is 0 Å². The van der Waals surface area contributed by atoms with Crippen molar-refractivity contribution in [1.82, 2.24) is 10.8 Å². The molecular weight excluding hydrogens is 382 g/mol. The average molecular weight is 403 g/mol. The zero-order valence-electron chi connectivity index (χ0n) is 16.2. The summed E-state index contributed by atoms with van der Waals surface area (Å²) in [6.45, 7) is 1.54. The van der Waals surface area contributed by atoms with Gasteiger partial charge in [-0.05, 0) is 61.2 Å². The molecule has 0 unspecified atom stereocenters. The van der Waals surface area contributed by atoms with Gasteiger partial charge in [0.2, 0.25) is 0 Å². The lowest BCUT2D eigenvalue weighted by Crippen LogP contribution is -2.54. The fourth-order valence-corrected chi connectivity index (χ4v) is 2.42. The van der Waals surface area contributed by atoms with E-state index in [9.17, 15) is 9.59 Å². The number of amides is 2. The lowest BCUT2D eigenvalue weighted by Gasteiger charge is -2.19. The van der Waals surface area contributed by atoms with Gasteiger partial charge in [-0.3, -0.25) is 14.8 Å². The predicted octanol–water partition coefficient (Wildman–Crippen LogP) is 0.621. The van der Waals surface area contributed by atoms with Gasteiger partial charge in [0, 0.05) is 40.2 Å². The molecule has 8 N–H and O–H groups in total. The molecular formula is C22H21N5O3. The molecule has 0 saturated heterocycles. The third kappa shape index (κ3) is 5.94. The minimum Gasteiger partial charge on any atom is -0.398 e. The lowest BCUT2D eigenvalue weighted by atomic mass is 10.1. The van der Waals surface area contributed by atoms with Gasteiger partial charge in [-0.1, -0.05) is 11.8 Å². The van der Waals surface area contributed by atoms with Crippen LogP contribution in [0.15, 0.2) is 42.5 Å². The number of carbonyl (C=O) groups is 2. The van der Waals surface area contributed by atoms with Crippen molar-refractivity contribution in [2.75, 3.05) is 5.73 Å². The van der Waals surface area contributed by atoms with Gasteiger partial charge in [-0.2, -0.15) is 0 Å². The van der Waals surface area contributed by atoms with Crippen LogP contribution >= 0.6 is 0 Å². The van der Waals surface area contributed by atoms with E-state index >= 15 is 0 Å². The van der Waals surface area contributed by atoms with Crippen molar-refractivity contribution in [3.63, 3.8) is 0 Å². The third-order valence-corrected chi connectivity index (χ3v) is 4.07. The number of hydroxylamine groups is 1. The maximum atomic E-state index is 12.3. The topological polar surface area (TPSA) is 154 Å². The van der Waals surface area contributed by atoms with Gasteiger partial charge in [0.15, 0.2) is 0 Å². The molecule has 30 heavy (non-hydrogen) atoms. The Morgan fingerprint density at radius 2 is 1.70 bits per heavy atom. The maximum absolute atomic E-state index is 12.3. The number of benzene rings is 2. The Hall–Kier alpha value is -4.11.